The molecular formula is C13H11ClN2O2. The van der Waals surface area contributed by atoms with Gasteiger partial charge in [-0.2, -0.15) is 5.26 Å². The molecule has 0 spiro atoms. The van der Waals surface area contributed by atoms with Crippen LogP contribution in [-0.4, -0.2) is 11.0 Å². The number of allylic oxidation sites excluding steroid dienone is 1. The lowest BCUT2D eigenvalue weighted by Crippen LogP contribution is -2.16. The highest BCUT2D eigenvalue weighted by Crippen LogP contribution is 2.36. The van der Waals surface area contributed by atoms with E-state index in [0.717, 1.165) is 12.8 Å². The molecular weight excluding hydrogens is 252 g/mol. The van der Waals surface area contributed by atoms with Crippen LogP contribution in [0.2, 0.25) is 5.02 Å². The highest BCUT2D eigenvalue weighted by atomic mass is 35.5. The summed E-state index contributed by atoms with van der Waals surface area (Å²) in [6.07, 6.45) is 1.63. The number of carbonyl (C=O) groups excluding carboxylic acids is 1. The van der Waals surface area contributed by atoms with Crippen LogP contribution >= 0.6 is 11.6 Å². The van der Waals surface area contributed by atoms with Crippen molar-refractivity contribution in [3.63, 3.8) is 0 Å². The number of hydrogen-bond acceptors (Lipinski definition) is 3. The Kier molecular flexibility index (Phi) is 3.54. The predicted octanol–water partition coefficient (Wildman–Crippen LogP) is 3.02. The van der Waals surface area contributed by atoms with Gasteiger partial charge in [0, 0.05) is 5.92 Å². The summed E-state index contributed by atoms with van der Waals surface area (Å²) in [6, 6.07) is 8.46. The summed E-state index contributed by atoms with van der Waals surface area (Å²) in [6.45, 7) is 0. The number of halogens is 1. The highest BCUT2D eigenvalue weighted by molar-refractivity contribution is 6.33. The van der Waals surface area contributed by atoms with E-state index in [-0.39, 0.29) is 17.3 Å². The Morgan fingerprint density at radius 1 is 1.44 bits per heavy atom. The molecule has 1 fully saturated rings. The van der Waals surface area contributed by atoms with E-state index in [1.54, 1.807) is 30.3 Å². The van der Waals surface area contributed by atoms with Crippen molar-refractivity contribution in [1.82, 2.24) is 0 Å². The molecule has 0 atom stereocenters. The normalized spacial score (nSPS) is 15.6. The van der Waals surface area contributed by atoms with Crippen molar-refractivity contribution in [2.45, 2.75) is 12.8 Å². The number of benzene rings is 1. The van der Waals surface area contributed by atoms with E-state index in [4.69, 9.17) is 16.9 Å². The van der Waals surface area contributed by atoms with Gasteiger partial charge in [-0.3, -0.25) is 4.79 Å². The van der Waals surface area contributed by atoms with Gasteiger partial charge in [-0.15, -0.1) is 0 Å². The molecule has 92 valence electrons. The fourth-order valence-corrected chi connectivity index (χ4v) is 1.72. The third kappa shape index (κ3) is 2.63. The smallest absolute Gasteiger partial charge is 0.269 e. The fourth-order valence-electron chi connectivity index (χ4n) is 1.53. The third-order valence-electron chi connectivity index (χ3n) is 2.68. The molecule has 0 unspecified atom stereocenters. The standard InChI is InChI=1S/C13H11ClN2O2/c14-10-3-1-2-4-11(10)16-13(18)9(7-15)12(17)8-5-6-8/h1-4,8,17H,5-6H2,(H,16,18)/b12-9-. The molecule has 1 aliphatic carbocycles. The Morgan fingerprint density at radius 2 is 2.11 bits per heavy atom. The molecule has 2 rings (SSSR count). The van der Waals surface area contributed by atoms with Crippen molar-refractivity contribution in [1.29, 1.82) is 5.26 Å². The number of amides is 1. The van der Waals surface area contributed by atoms with Crippen LogP contribution < -0.4 is 5.32 Å². The first-order chi connectivity index (χ1) is 8.63. The number of nitriles is 1. The SMILES string of the molecule is N#C/C(C(=O)Nc1ccccc1Cl)=C(/O)C1CC1. The molecule has 0 aromatic heterocycles. The Morgan fingerprint density at radius 3 is 2.67 bits per heavy atom. The fraction of sp³-hybridized carbons (Fsp3) is 0.231. The molecule has 0 bridgehead atoms. The average Bonchev–Trinajstić information content (AvgIpc) is 3.17. The molecule has 1 aromatic rings. The minimum Gasteiger partial charge on any atom is -0.510 e. The maximum absolute atomic E-state index is 11.9. The molecule has 0 saturated heterocycles. The first kappa shape index (κ1) is 12.5. The second-order valence-corrected chi connectivity index (χ2v) is 4.49. The molecule has 0 aliphatic heterocycles. The largest absolute Gasteiger partial charge is 0.510 e. The molecule has 0 heterocycles. The molecule has 1 aromatic carbocycles. The summed E-state index contributed by atoms with van der Waals surface area (Å²) in [5.74, 6) is -0.798. The number of para-hydroxylation sites is 1. The number of carbonyl (C=O) groups is 1. The summed E-state index contributed by atoms with van der Waals surface area (Å²) in [5.41, 5.74) is 0.179. The van der Waals surface area contributed by atoms with Gasteiger partial charge in [-0.25, -0.2) is 0 Å². The molecule has 1 saturated carbocycles. The number of nitrogens with one attached hydrogen (secondary N) is 1. The van der Waals surface area contributed by atoms with Crippen LogP contribution in [0.1, 0.15) is 12.8 Å². The molecule has 5 heteroatoms. The molecule has 0 radical (unpaired) electrons. The first-order valence-corrected chi connectivity index (χ1v) is 5.90. The summed E-state index contributed by atoms with van der Waals surface area (Å²) < 4.78 is 0. The summed E-state index contributed by atoms with van der Waals surface area (Å²) in [4.78, 5) is 11.9. The first-order valence-electron chi connectivity index (χ1n) is 5.52. The molecule has 2 N–H and O–H groups in total. The van der Waals surface area contributed by atoms with Crippen molar-refractivity contribution in [2.75, 3.05) is 5.32 Å². The number of anilines is 1. The summed E-state index contributed by atoms with van der Waals surface area (Å²) in [5, 5.41) is 21.6. The van der Waals surface area contributed by atoms with Crippen molar-refractivity contribution >= 4 is 23.2 Å². The quantitative estimate of drug-likeness (QED) is 0.500. The Balaban J connectivity index is 2.19. The van der Waals surface area contributed by atoms with Crippen molar-refractivity contribution in [3.05, 3.63) is 40.6 Å². The Bertz CT molecular complexity index is 556. The number of nitrogens with zero attached hydrogens (tertiary/aromatic N) is 1. The van der Waals surface area contributed by atoms with E-state index < -0.39 is 5.91 Å². The highest BCUT2D eigenvalue weighted by Gasteiger charge is 2.30. The number of aliphatic hydroxyl groups is 1. The van der Waals surface area contributed by atoms with Crippen LogP contribution in [0, 0.1) is 17.2 Å². The van der Waals surface area contributed by atoms with Gasteiger partial charge in [-0.1, -0.05) is 23.7 Å². The Labute approximate surface area is 109 Å². The lowest BCUT2D eigenvalue weighted by molar-refractivity contribution is -0.112. The summed E-state index contributed by atoms with van der Waals surface area (Å²) >= 11 is 5.89. The summed E-state index contributed by atoms with van der Waals surface area (Å²) in [7, 11) is 0. The minimum absolute atomic E-state index is 0.0448. The monoisotopic (exact) mass is 262 g/mol. The molecule has 1 aliphatic rings. The van der Waals surface area contributed by atoms with E-state index in [1.165, 1.54) is 0 Å². The van der Waals surface area contributed by atoms with Gasteiger partial charge in [-0.05, 0) is 25.0 Å². The maximum Gasteiger partial charge on any atom is 0.269 e. The lowest BCUT2D eigenvalue weighted by atomic mass is 10.1. The van der Waals surface area contributed by atoms with Crippen LogP contribution in [0.3, 0.4) is 0 Å². The lowest BCUT2D eigenvalue weighted by Gasteiger charge is -2.07. The van der Waals surface area contributed by atoms with Crippen molar-refractivity contribution < 1.29 is 9.90 Å². The molecule has 1 amide bonds. The topological polar surface area (TPSA) is 73.1 Å². The van der Waals surface area contributed by atoms with Gasteiger partial charge in [0.15, 0.2) is 5.57 Å². The second-order valence-electron chi connectivity index (χ2n) is 4.08. The van der Waals surface area contributed by atoms with Gasteiger partial charge >= 0.3 is 0 Å². The minimum atomic E-state index is -0.630. The van der Waals surface area contributed by atoms with Gasteiger partial charge in [0.1, 0.15) is 11.8 Å². The van der Waals surface area contributed by atoms with E-state index >= 15 is 0 Å². The number of hydrogen-bond donors (Lipinski definition) is 2. The predicted molar refractivity (Wildman–Crippen MR) is 68.1 cm³/mol. The van der Waals surface area contributed by atoms with Crippen LogP contribution in [0.25, 0.3) is 0 Å². The van der Waals surface area contributed by atoms with Gasteiger partial charge < -0.3 is 10.4 Å². The number of rotatable bonds is 3. The van der Waals surface area contributed by atoms with Crippen LogP contribution in [0.4, 0.5) is 5.69 Å². The zero-order valence-electron chi connectivity index (χ0n) is 9.48. The van der Waals surface area contributed by atoms with E-state index in [9.17, 15) is 9.90 Å². The van der Waals surface area contributed by atoms with Crippen molar-refractivity contribution in [3.8, 4) is 6.07 Å². The van der Waals surface area contributed by atoms with Gasteiger partial charge in [0.25, 0.3) is 5.91 Å². The third-order valence-corrected chi connectivity index (χ3v) is 3.01. The zero-order chi connectivity index (χ0) is 13.1. The van der Waals surface area contributed by atoms with E-state index in [2.05, 4.69) is 5.32 Å². The van der Waals surface area contributed by atoms with Crippen LogP contribution in [-0.2, 0) is 4.79 Å². The Hall–Kier alpha value is -1.99. The van der Waals surface area contributed by atoms with Gasteiger partial charge in [0.05, 0.1) is 10.7 Å². The van der Waals surface area contributed by atoms with Crippen LogP contribution in [0.15, 0.2) is 35.6 Å². The van der Waals surface area contributed by atoms with E-state index in [1.807, 2.05) is 0 Å². The number of aliphatic hydroxyl groups excluding tert-OH is 1. The van der Waals surface area contributed by atoms with E-state index in [0.29, 0.717) is 10.7 Å². The zero-order valence-corrected chi connectivity index (χ0v) is 10.2. The molecule has 18 heavy (non-hydrogen) atoms. The molecule has 4 nitrogen and oxygen atoms in total. The maximum atomic E-state index is 11.9. The van der Waals surface area contributed by atoms with Gasteiger partial charge in [0.2, 0.25) is 0 Å². The second kappa shape index (κ2) is 5.11. The average molecular weight is 263 g/mol. The van der Waals surface area contributed by atoms with Crippen molar-refractivity contribution in [2.24, 2.45) is 5.92 Å². The van der Waals surface area contributed by atoms with Crippen LogP contribution in [0.5, 0.6) is 0 Å².